The van der Waals surface area contributed by atoms with Crippen molar-refractivity contribution in [1.29, 1.82) is 5.26 Å². The van der Waals surface area contributed by atoms with E-state index in [1.54, 1.807) is 6.07 Å². The van der Waals surface area contributed by atoms with E-state index >= 15 is 0 Å². The second kappa shape index (κ2) is 6.29. The number of halogens is 1. The monoisotopic (exact) mass is 285 g/mol. The molecule has 19 heavy (non-hydrogen) atoms. The molecule has 0 saturated heterocycles. The van der Waals surface area contributed by atoms with Gasteiger partial charge in [-0.05, 0) is 18.2 Å². The standard InChI is InChI=1S/C12H12FNO4S/c1-18-12(15)4-5-19(16,17)8-10-6-9(7-14)2-3-11(10)13/h2-3,6H,4-5,8H2,1H3. The topological polar surface area (TPSA) is 84.2 Å². The van der Waals surface area contributed by atoms with Gasteiger partial charge in [0.25, 0.3) is 0 Å². The summed E-state index contributed by atoms with van der Waals surface area (Å²) >= 11 is 0. The zero-order valence-corrected chi connectivity index (χ0v) is 11.0. The van der Waals surface area contributed by atoms with E-state index in [-0.39, 0.29) is 17.5 Å². The maximum atomic E-state index is 13.4. The molecule has 0 atom stereocenters. The summed E-state index contributed by atoms with van der Waals surface area (Å²) in [5.74, 6) is -2.31. The summed E-state index contributed by atoms with van der Waals surface area (Å²) in [6, 6.07) is 5.30. The van der Waals surface area contributed by atoms with Gasteiger partial charge in [0.15, 0.2) is 9.84 Å². The molecule has 0 amide bonds. The Morgan fingerprint density at radius 3 is 2.74 bits per heavy atom. The van der Waals surface area contributed by atoms with E-state index < -0.39 is 33.1 Å². The minimum Gasteiger partial charge on any atom is -0.469 e. The number of ether oxygens (including phenoxy) is 1. The second-order valence-corrected chi connectivity index (χ2v) is 6.02. The predicted molar refractivity (Wildman–Crippen MR) is 65.2 cm³/mol. The summed E-state index contributed by atoms with van der Waals surface area (Å²) in [6.45, 7) is 0. The zero-order valence-electron chi connectivity index (χ0n) is 10.2. The third-order valence-electron chi connectivity index (χ3n) is 2.40. The van der Waals surface area contributed by atoms with Gasteiger partial charge in [0.05, 0.1) is 36.7 Å². The first-order valence-electron chi connectivity index (χ1n) is 5.33. The molecule has 1 rings (SSSR count). The molecular weight excluding hydrogens is 273 g/mol. The fourth-order valence-corrected chi connectivity index (χ4v) is 2.72. The molecular formula is C12H12FNO4S. The third-order valence-corrected chi connectivity index (χ3v) is 3.97. The van der Waals surface area contributed by atoms with Crippen molar-refractivity contribution in [2.45, 2.75) is 12.2 Å². The molecule has 0 aliphatic carbocycles. The number of hydrogen-bond acceptors (Lipinski definition) is 5. The number of hydrogen-bond donors (Lipinski definition) is 0. The molecule has 0 aromatic heterocycles. The first-order valence-corrected chi connectivity index (χ1v) is 7.16. The maximum absolute atomic E-state index is 13.4. The Labute approximate surface area is 110 Å². The molecule has 0 radical (unpaired) electrons. The Bertz CT molecular complexity index is 619. The molecule has 0 aliphatic rings. The predicted octanol–water partition coefficient (Wildman–Crippen LogP) is 1.18. The van der Waals surface area contributed by atoms with Gasteiger partial charge in [-0.2, -0.15) is 5.26 Å². The van der Waals surface area contributed by atoms with Gasteiger partial charge in [0.1, 0.15) is 5.82 Å². The number of benzene rings is 1. The van der Waals surface area contributed by atoms with Crippen molar-refractivity contribution in [3.05, 3.63) is 35.1 Å². The molecule has 0 fully saturated rings. The van der Waals surface area contributed by atoms with Crippen LogP contribution in [0.2, 0.25) is 0 Å². The van der Waals surface area contributed by atoms with Crippen LogP contribution in [0, 0.1) is 17.1 Å². The van der Waals surface area contributed by atoms with Crippen molar-refractivity contribution in [1.82, 2.24) is 0 Å². The van der Waals surface area contributed by atoms with Crippen molar-refractivity contribution in [2.24, 2.45) is 0 Å². The van der Waals surface area contributed by atoms with Gasteiger partial charge < -0.3 is 4.74 Å². The molecule has 5 nitrogen and oxygen atoms in total. The molecule has 0 spiro atoms. The SMILES string of the molecule is COC(=O)CCS(=O)(=O)Cc1cc(C#N)ccc1F. The lowest BCUT2D eigenvalue weighted by Gasteiger charge is -2.05. The van der Waals surface area contributed by atoms with Crippen LogP contribution in [-0.4, -0.2) is 27.2 Å². The number of methoxy groups -OCH3 is 1. The highest BCUT2D eigenvalue weighted by molar-refractivity contribution is 7.90. The quantitative estimate of drug-likeness (QED) is 0.758. The van der Waals surface area contributed by atoms with Crippen molar-refractivity contribution in [3.63, 3.8) is 0 Å². The Morgan fingerprint density at radius 1 is 1.47 bits per heavy atom. The molecule has 0 saturated carbocycles. The summed E-state index contributed by atoms with van der Waals surface area (Å²) in [5, 5.41) is 8.68. The van der Waals surface area contributed by atoms with E-state index in [2.05, 4.69) is 4.74 Å². The van der Waals surface area contributed by atoms with E-state index in [1.165, 1.54) is 12.1 Å². The highest BCUT2D eigenvalue weighted by Gasteiger charge is 2.17. The van der Waals surface area contributed by atoms with Gasteiger partial charge >= 0.3 is 5.97 Å². The average Bonchev–Trinajstić information content (AvgIpc) is 2.38. The van der Waals surface area contributed by atoms with Crippen molar-refractivity contribution < 1.29 is 22.3 Å². The number of sulfone groups is 1. The van der Waals surface area contributed by atoms with Gasteiger partial charge in [0.2, 0.25) is 0 Å². The molecule has 0 bridgehead atoms. The van der Waals surface area contributed by atoms with Crippen LogP contribution in [0.15, 0.2) is 18.2 Å². The Kier molecular flexibility index (Phi) is 5.01. The van der Waals surface area contributed by atoms with Crippen LogP contribution < -0.4 is 0 Å². The molecule has 7 heteroatoms. The van der Waals surface area contributed by atoms with Crippen molar-refractivity contribution in [3.8, 4) is 6.07 Å². The Morgan fingerprint density at radius 2 is 2.16 bits per heavy atom. The smallest absolute Gasteiger partial charge is 0.306 e. The second-order valence-electron chi connectivity index (χ2n) is 3.84. The number of carbonyl (C=O) groups is 1. The van der Waals surface area contributed by atoms with Gasteiger partial charge in [-0.1, -0.05) is 0 Å². The lowest BCUT2D eigenvalue weighted by atomic mass is 10.1. The van der Waals surface area contributed by atoms with Crippen molar-refractivity contribution in [2.75, 3.05) is 12.9 Å². The average molecular weight is 285 g/mol. The molecule has 0 N–H and O–H groups in total. The Balaban J connectivity index is 2.84. The zero-order chi connectivity index (χ0) is 14.5. The minimum absolute atomic E-state index is 0.0797. The van der Waals surface area contributed by atoms with E-state index in [9.17, 15) is 17.6 Å². The first-order chi connectivity index (χ1) is 8.88. The van der Waals surface area contributed by atoms with Crippen LogP contribution in [0.4, 0.5) is 4.39 Å². The fraction of sp³-hybridized carbons (Fsp3) is 0.333. The van der Waals surface area contributed by atoms with E-state index in [0.29, 0.717) is 0 Å². The van der Waals surface area contributed by atoms with Gasteiger partial charge in [0, 0.05) is 5.56 Å². The van der Waals surface area contributed by atoms with Gasteiger partial charge in [-0.25, -0.2) is 12.8 Å². The minimum atomic E-state index is -3.64. The summed E-state index contributed by atoms with van der Waals surface area (Å²) in [7, 11) is -2.48. The summed E-state index contributed by atoms with van der Waals surface area (Å²) in [6.07, 6.45) is -0.279. The third kappa shape index (κ3) is 4.67. The largest absolute Gasteiger partial charge is 0.469 e. The van der Waals surface area contributed by atoms with Crippen LogP contribution in [0.3, 0.4) is 0 Å². The number of esters is 1. The molecule has 1 aromatic carbocycles. The van der Waals surface area contributed by atoms with E-state index in [1.807, 2.05) is 0 Å². The number of nitriles is 1. The van der Waals surface area contributed by atoms with E-state index in [0.717, 1.165) is 13.2 Å². The number of nitrogens with zero attached hydrogens (tertiary/aromatic N) is 1. The lowest BCUT2D eigenvalue weighted by Crippen LogP contribution is -2.14. The number of carbonyl (C=O) groups excluding carboxylic acids is 1. The summed E-state index contributed by atoms with van der Waals surface area (Å²) in [5.41, 5.74) is 0.100. The van der Waals surface area contributed by atoms with Gasteiger partial charge in [-0.15, -0.1) is 0 Å². The lowest BCUT2D eigenvalue weighted by molar-refractivity contribution is -0.140. The van der Waals surface area contributed by atoms with E-state index in [4.69, 9.17) is 5.26 Å². The fourth-order valence-electron chi connectivity index (χ4n) is 1.40. The van der Waals surface area contributed by atoms with Crippen LogP contribution in [0.1, 0.15) is 17.5 Å². The first kappa shape index (κ1) is 15.1. The molecule has 102 valence electrons. The molecule has 0 unspecified atom stereocenters. The van der Waals surface area contributed by atoms with Gasteiger partial charge in [-0.3, -0.25) is 4.79 Å². The summed E-state index contributed by atoms with van der Waals surface area (Å²) < 4.78 is 41.2. The molecule has 1 aromatic rings. The van der Waals surface area contributed by atoms with Crippen LogP contribution in [-0.2, 0) is 25.1 Å². The molecule has 0 aliphatic heterocycles. The van der Waals surface area contributed by atoms with Crippen molar-refractivity contribution >= 4 is 15.8 Å². The number of rotatable bonds is 5. The maximum Gasteiger partial charge on any atom is 0.306 e. The van der Waals surface area contributed by atoms with Crippen LogP contribution in [0.5, 0.6) is 0 Å². The normalized spacial score (nSPS) is 10.8. The van der Waals surface area contributed by atoms with Crippen LogP contribution >= 0.6 is 0 Å². The molecule has 0 heterocycles. The van der Waals surface area contributed by atoms with Crippen LogP contribution in [0.25, 0.3) is 0 Å². The summed E-state index contributed by atoms with van der Waals surface area (Å²) in [4.78, 5) is 10.9. The Hall–Kier alpha value is -1.94. The highest BCUT2D eigenvalue weighted by Crippen LogP contribution is 2.14. The highest BCUT2D eigenvalue weighted by atomic mass is 32.2.